The van der Waals surface area contributed by atoms with Gasteiger partial charge in [-0.2, -0.15) is 0 Å². The van der Waals surface area contributed by atoms with Crippen molar-refractivity contribution < 1.29 is 14.6 Å². The molecule has 0 radical (unpaired) electrons. The minimum Gasteiger partial charge on any atom is -0.493 e. The Hall–Kier alpha value is -1.51. The maximum absolute atomic E-state index is 10.7. The zero-order valence-electron chi connectivity index (χ0n) is 9.82. The molecular formula is C13H18O3. The van der Waals surface area contributed by atoms with Crippen LogP contribution in [-0.4, -0.2) is 17.7 Å². The van der Waals surface area contributed by atoms with E-state index in [1.165, 1.54) is 6.42 Å². The van der Waals surface area contributed by atoms with Gasteiger partial charge >= 0.3 is 5.97 Å². The highest BCUT2D eigenvalue weighted by Gasteiger charge is 2.05. The van der Waals surface area contributed by atoms with Crippen molar-refractivity contribution in [2.75, 3.05) is 6.61 Å². The molecule has 0 unspecified atom stereocenters. The average Bonchev–Trinajstić information content (AvgIpc) is 2.26. The van der Waals surface area contributed by atoms with Crippen molar-refractivity contribution in [2.45, 2.75) is 33.1 Å². The third kappa shape index (κ3) is 3.57. The van der Waals surface area contributed by atoms with Gasteiger partial charge in [0.25, 0.3) is 0 Å². The van der Waals surface area contributed by atoms with Crippen LogP contribution in [0.1, 0.15) is 42.1 Å². The van der Waals surface area contributed by atoms with E-state index in [2.05, 4.69) is 6.92 Å². The van der Waals surface area contributed by atoms with Crippen LogP contribution in [0.2, 0.25) is 0 Å². The lowest BCUT2D eigenvalue weighted by Gasteiger charge is -2.09. The van der Waals surface area contributed by atoms with E-state index in [0.717, 1.165) is 24.2 Å². The fourth-order valence-corrected chi connectivity index (χ4v) is 1.48. The Bertz CT molecular complexity index is 358. The lowest BCUT2D eigenvalue weighted by atomic mass is 10.1. The first-order chi connectivity index (χ1) is 7.65. The number of unbranched alkanes of at least 4 members (excludes halogenated alkanes) is 2. The maximum atomic E-state index is 10.7. The number of carbonyl (C=O) groups is 1. The summed E-state index contributed by atoms with van der Waals surface area (Å²) in [4.78, 5) is 10.7. The Balaban J connectivity index is 2.57. The van der Waals surface area contributed by atoms with Gasteiger partial charge < -0.3 is 9.84 Å². The van der Waals surface area contributed by atoms with Crippen LogP contribution in [0.3, 0.4) is 0 Å². The first-order valence-corrected chi connectivity index (χ1v) is 5.62. The summed E-state index contributed by atoms with van der Waals surface area (Å²) < 4.78 is 5.58. The number of ether oxygens (including phenoxy) is 1. The number of hydrogen-bond acceptors (Lipinski definition) is 2. The lowest BCUT2D eigenvalue weighted by Crippen LogP contribution is -2.01. The van der Waals surface area contributed by atoms with E-state index in [0.29, 0.717) is 12.2 Å². The van der Waals surface area contributed by atoms with Crippen molar-refractivity contribution in [3.8, 4) is 5.75 Å². The molecule has 0 heterocycles. The normalized spacial score (nSPS) is 10.1. The van der Waals surface area contributed by atoms with Crippen LogP contribution in [0.4, 0.5) is 0 Å². The van der Waals surface area contributed by atoms with E-state index in [9.17, 15) is 4.79 Å². The number of benzene rings is 1. The van der Waals surface area contributed by atoms with Crippen LogP contribution < -0.4 is 4.74 Å². The zero-order chi connectivity index (χ0) is 12.0. The van der Waals surface area contributed by atoms with Crippen LogP contribution in [0.15, 0.2) is 18.2 Å². The Labute approximate surface area is 96.1 Å². The summed E-state index contributed by atoms with van der Waals surface area (Å²) in [6.45, 7) is 4.70. The summed E-state index contributed by atoms with van der Waals surface area (Å²) in [6.07, 6.45) is 3.36. The number of carboxylic acids is 1. The van der Waals surface area contributed by atoms with Crippen molar-refractivity contribution in [2.24, 2.45) is 0 Å². The SMILES string of the molecule is CCCCCOc1ccc(C(=O)O)cc1C. The van der Waals surface area contributed by atoms with Crippen molar-refractivity contribution in [3.05, 3.63) is 29.3 Å². The molecule has 0 bridgehead atoms. The van der Waals surface area contributed by atoms with Gasteiger partial charge in [-0.15, -0.1) is 0 Å². The average molecular weight is 222 g/mol. The van der Waals surface area contributed by atoms with Gasteiger partial charge in [0.2, 0.25) is 0 Å². The molecule has 0 atom stereocenters. The predicted molar refractivity (Wildman–Crippen MR) is 63.2 cm³/mol. The highest BCUT2D eigenvalue weighted by atomic mass is 16.5. The molecule has 1 rings (SSSR count). The topological polar surface area (TPSA) is 46.5 Å². The number of aryl methyl sites for hydroxylation is 1. The third-order valence-corrected chi connectivity index (χ3v) is 2.43. The fraction of sp³-hybridized carbons (Fsp3) is 0.462. The van der Waals surface area contributed by atoms with E-state index in [1.807, 2.05) is 6.92 Å². The molecule has 0 fully saturated rings. The molecule has 1 aromatic rings. The predicted octanol–water partition coefficient (Wildman–Crippen LogP) is 3.26. The molecule has 0 aromatic heterocycles. The second kappa shape index (κ2) is 6.16. The minimum absolute atomic E-state index is 0.304. The second-order valence-electron chi connectivity index (χ2n) is 3.84. The number of carboxylic acid groups (broad SMARTS) is 1. The summed E-state index contributed by atoms with van der Waals surface area (Å²) >= 11 is 0. The van der Waals surface area contributed by atoms with Gasteiger partial charge in [-0.3, -0.25) is 0 Å². The van der Waals surface area contributed by atoms with E-state index in [-0.39, 0.29) is 0 Å². The molecule has 0 aliphatic carbocycles. The summed E-state index contributed by atoms with van der Waals surface area (Å²) in [6, 6.07) is 4.94. The van der Waals surface area contributed by atoms with Gasteiger partial charge in [0.05, 0.1) is 12.2 Å². The monoisotopic (exact) mass is 222 g/mol. The van der Waals surface area contributed by atoms with Crippen LogP contribution >= 0.6 is 0 Å². The molecule has 88 valence electrons. The molecule has 3 heteroatoms. The van der Waals surface area contributed by atoms with Gasteiger partial charge in [0.15, 0.2) is 0 Å². The van der Waals surface area contributed by atoms with Crippen LogP contribution in [0, 0.1) is 6.92 Å². The molecule has 3 nitrogen and oxygen atoms in total. The first kappa shape index (κ1) is 12.6. The van der Waals surface area contributed by atoms with Crippen molar-refractivity contribution in [1.82, 2.24) is 0 Å². The largest absolute Gasteiger partial charge is 0.493 e. The molecule has 0 aliphatic heterocycles. The summed E-state index contributed by atoms with van der Waals surface area (Å²) in [5.74, 6) is -0.123. The molecule has 0 saturated heterocycles. The first-order valence-electron chi connectivity index (χ1n) is 5.62. The summed E-state index contributed by atoms with van der Waals surface area (Å²) in [5, 5.41) is 8.81. The minimum atomic E-state index is -0.902. The summed E-state index contributed by atoms with van der Waals surface area (Å²) in [7, 11) is 0. The highest BCUT2D eigenvalue weighted by Crippen LogP contribution is 2.19. The Morgan fingerprint density at radius 2 is 2.12 bits per heavy atom. The van der Waals surface area contributed by atoms with E-state index < -0.39 is 5.97 Å². The quantitative estimate of drug-likeness (QED) is 0.751. The van der Waals surface area contributed by atoms with Gasteiger partial charge in [0, 0.05) is 0 Å². The number of aromatic carboxylic acids is 1. The Morgan fingerprint density at radius 3 is 2.69 bits per heavy atom. The van der Waals surface area contributed by atoms with E-state index in [1.54, 1.807) is 18.2 Å². The van der Waals surface area contributed by atoms with Gasteiger partial charge in [-0.05, 0) is 37.1 Å². The number of rotatable bonds is 6. The lowest BCUT2D eigenvalue weighted by molar-refractivity contribution is 0.0696. The molecule has 0 amide bonds. The van der Waals surface area contributed by atoms with Gasteiger partial charge in [-0.25, -0.2) is 4.79 Å². The van der Waals surface area contributed by atoms with E-state index in [4.69, 9.17) is 9.84 Å². The number of hydrogen-bond donors (Lipinski definition) is 1. The third-order valence-electron chi connectivity index (χ3n) is 2.43. The van der Waals surface area contributed by atoms with Crippen molar-refractivity contribution in [3.63, 3.8) is 0 Å². The molecular weight excluding hydrogens is 204 g/mol. The molecule has 1 N–H and O–H groups in total. The van der Waals surface area contributed by atoms with Crippen molar-refractivity contribution in [1.29, 1.82) is 0 Å². The molecule has 0 aliphatic rings. The fourth-order valence-electron chi connectivity index (χ4n) is 1.48. The maximum Gasteiger partial charge on any atom is 0.335 e. The van der Waals surface area contributed by atoms with Crippen molar-refractivity contribution >= 4 is 5.97 Å². The summed E-state index contributed by atoms with van der Waals surface area (Å²) in [5.41, 5.74) is 1.18. The van der Waals surface area contributed by atoms with Crippen LogP contribution in [0.25, 0.3) is 0 Å². The Morgan fingerprint density at radius 1 is 1.38 bits per heavy atom. The smallest absolute Gasteiger partial charge is 0.335 e. The molecule has 16 heavy (non-hydrogen) atoms. The molecule has 1 aromatic carbocycles. The van der Waals surface area contributed by atoms with Crippen LogP contribution in [0.5, 0.6) is 5.75 Å². The van der Waals surface area contributed by atoms with Crippen LogP contribution in [-0.2, 0) is 0 Å². The molecule has 0 spiro atoms. The standard InChI is InChI=1S/C13H18O3/c1-3-4-5-8-16-12-7-6-11(13(14)15)9-10(12)2/h6-7,9H,3-5,8H2,1-2H3,(H,14,15). The van der Waals surface area contributed by atoms with Gasteiger partial charge in [-0.1, -0.05) is 19.8 Å². The van der Waals surface area contributed by atoms with E-state index >= 15 is 0 Å². The Kier molecular flexibility index (Phi) is 4.83. The zero-order valence-corrected chi connectivity index (χ0v) is 9.82. The highest BCUT2D eigenvalue weighted by molar-refractivity contribution is 5.88. The molecule has 0 saturated carbocycles. The second-order valence-corrected chi connectivity index (χ2v) is 3.84. The van der Waals surface area contributed by atoms with Gasteiger partial charge in [0.1, 0.15) is 5.75 Å².